The standard InChI is InChI=1S/C27H33ClN10O2/c1-17(5-9-40-27-25(18(2)36-37(27)3)26-30-6-4-24(29)35-26)34-21-12-23(28)33-14-20(21)22-15-31-19(13-32-22)16-38-7-10-39-11-8-38/h4,6,12-15,17H,5,7-11,16H2,1-3H3,(H,33,34)(H2,29,30,35)/t17-/m0/s1. The van der Waals surface area contributed by atoms with E-state index in [-0.39, 0.29) is 6.04 Å². The molecule has 1 aliphatic rings. The zero-order chi connectivity index (χ0) is 28.1. The van der Waals surface area contributed by atoms with E-state index in [2.05, 4.69) is 47.2 Å². The first kappa shape index (κ1) is 27.7. The summed E-state index contributed by atoms with van der Waals surface area (Å²) in [6.07, 6.45) is 7.64. The van der Waals surface area contributed by atoms with E-state index < -0.39 is 0 Å². The van der Waals surface area contributed by atoms with Crippen LogP contribution in [0.25, 0.3) is 22.6 Å². The first-order valence-electron chi connectivity index (χ1n) is 13.2. The zero-order valence-electron chi connectivity index (χ0n) is 22.8. The SMILES string of the molecule is Cc1nn(C)c(OCC[C@H](C)Nc2cc(Cl)ncc2-c2cnc(CN3CCOCC3)cn2)c1-c1nccc(N)n1. The van der Waals surface area contributed by atoms with Gasteiger partial charge in [0.15, 0.2) is 5.82 Å². The maximum absolute atomic E-state index is 6.25. The number of aryl methyl sites for hydroxylation is 2. The minimum atomic E-state index is 0.0483. The molecule has 1 aliphatic heterocycles. The number of aromatic nitrogens is 7. The van der Waals surface area contributed by atoms with Crippen LogP contribution in [-0.4, -0.2) is 78.6 Å². The molecule has 4 aromatic heterocycles. The van der Waals surface area contributed by atoms with Crippen molar-refractivity contribution in [1.82, 2.24) is 39.6 Å². The molecule has 1 saturated heterocycles. The van der Waals surface area contributed by atoms with Gasteiger partial charge in [-0.3, -0.25) is 14.9 Å². The van der Waals surface area contributed by atoms with E-state index in [1.165, 1.54) is 0 Å². The van der Waals surface area contributed by atoms with Crippen molar-refractivity contribution in [3.8, 4) is 28.5 Å². The summed E-state index contributed by atoms with van der Waals surface area (Å²) >= 11 is 6.25. The van der Waals surface area contributed by atoms with Crippen molar-refractivity contribution in [3.63, 3.8) is 0 Å². The van der Waals surface area contributed by atoms with Gasteiger partial charge in [0.25, 0.3) is 0 Å². The van der Waals surface area contributed by atoms with Crippen molar-refractivity contribution in [2.24, 2.45) is 7.05 Å². The molecule has 0 amide bonds. The first-order valence-corrected chi connectivity index (χ1v) is 13.5. The van der Waals surface area contributed by atoms with Crippen LogP contribution in [-0.2, 0) is 18.3 Å². The lowest BCUT2D eigenvalue weighted by atomic mass is 10.1. The molecule has 4 aromatic rings. The lowest BCUT2D eigenvalue weighted by molar-refractivity contribution is 0.0336. The van der Waals surface area contributed by atoms with Crippen LogP contribution >= 0.6 is 11.6 Å². The highest BCUT2D eigenvalue weighted by atomic mass is 35.5. The molecule has 210 valence electrons. The van der Waals surface area contributed by atoms with Crippen LogP contribution in [0, 0.1) is 6.92 Å². The second kappa shape index (κ2) is 12.5. The molecule has 3 N–H and O–H groups in total. The third kappa shape index (κ3) is 6.64. The molecule has 5 heterocycles. The molecule has 40 heavy (non-hydrogen) atoms. The predicted octanol–water partition coefficient (Wildman–Crippen LogP) is 3.37. The van der Waals surface area contributed by atoms with Gasteiger partial charge in [-0.25, -0.2) is 19.6 Å². The molecule has 0 saturated carbocycles. The Kier molecular flexibility index (Phi) is 8.68. The highest BCUT2D eigenvalue weighted by Crippen LogP contribution is 2.31. The molecule has 1 fully saturated rings. The van der Waals surface area contributed by atoms with Gasteiger partial charge in [-0.1, -0.05) is 11.6 Å². The molecule has 0 spiro atoms. The van der Waals surface area contributed by atoms with Gasteiger partial charge in [0.05, 0.1) is 49.3 Å². The number of morpholine rings is 1. The van der Waals surface area contributed by atoms with Crippen molar-refractivity contribution in [2.45, 2.75) is 32.9 Å². The van der Waals surface area contributed by atoms with Crippen LogP contribution in [0.15, 0.2) is 36.9 Å². The van der Waals surface area contributed by atoms with Crippen LogP contribution in [0.5, 0.6) is 5.88 Å². The van der Waals surface area contributed by atoms with Crippen LogP contribution < -0.4 is 15.8 Å². The molecule has 1 atom stereocenters. The monoisotopic (exact) mass is 564 g/mol. The molecule has 0 aromatic carbocycles. The quantitative estimate of drug-likeness (QED) is 0.274. The Hall–Kier alpha value is -3.87. The molecule has 0 aliphatic carbocycles. The summed E-state index contributed by atoms with van der Waals surface area (Å²) in [5.74, 6) is 1.47. The minimum Gasteiger partial charge on any atom is -0.477 e. The molecule has 0 unspecified atom stereocenters. The molecule has 5 rings (SSSR count). The number of ether oxygens (including phenoxy) is 2. The number of nitrogens with zero attached hydrogens (tertiary/aromatic N) is 8. The Morgan fingerprint density at radius 2 is 1.98 bits per heavy atom. The molecule has 0 bridgehead atoms. The van der Waals surface area contributed by atoms with E-state index in [1.54, 1.807) is 35.4 Å². The maximum Gasteiger partial charge on any atom is 0.223 e. The summed E-state index contributed by atoms with van der Waals surface area (Å²) < 4.78 is 13.3. The summed E-state index contributed by atoms with van der Waals surface area (Å²) in [7, 11) is 1.83. The Morgan fingerprint density at radius 3 is 2.73 bits per heavy atom. The van der Waals surface area contributed by atoms with Gasteiger partial charge in [-0.2, -0.15) is 5.10 Å². The molecule has 0 radical (unpaired) electrons. The highest BCUT2D eigenvalue weighted by Gasteiger charge is 2.20. The van der Waals surface area contributed by atoms with E-state index in [0.717, 1.165) is 66.7 Å². The number of nitrogens with two attached hydrogens (primary N) is 1. The van der Waals surface area contributed by atoms with Gasteiger partial charge in [-0.15, -0.1) is 0 Å². The summed E-state index contributed by atoms with van der Waals surface area (Å²) in [5, 5.41) is 8.41. The Labute approximate surface area is 237 Å². The molecule has 12 nitrogen and oxygen atoms in total. The number of nitrogens with one attached hydrogen (secondary N) is 1. The van der Waals surface area contributed by atoms with Gasteiger partial charge in [-0.05, 0) is 26.0 Å². The number of nitrogen functional groups attached to an aromatic ring is 1. The van der Waals surface area contributed by atoms with Crippen LogP contribution in [0.1, 0.15) is 24.7 Å². The van der Waals surface area contributed by atoms with Crippen molar-refractivity contribution >= 4 is 23.1 Å². The number of anilines is 2. The van der Waals surface area contributed by atoms with E-state index in [9.17, 15) is 0 Å². The van der Waals surface area contributed by atoms with Gasteiger partial charge in [0.1, 0.15) is 16.5 Å². The topological polar surface area (TPSA) is 142 Å². The number of hydrogen-bond acceptors (Lipinski definition) is 11. The van der Waals surface area contributed by atoms with E-state index in [0.29, 0.717) is 35.7 Å². The fourth-order valence-corrected chi connectivity index (χ4v) is 4.70. The normalized spacial score (nSPS) is 14.7. The fourth-order valence-electron chi connectivity index (χ4n) is 4.54. The van der Waals surface area contributed by atoms with Crippen LogP contribution in [0.3, 0.4) is 0 Å². The predicted molar refractivity (Wildman–Crippen MR) is 153 cm³/mol. The fraction of sp³-hybridized carbons (Fsp3) is 0.407. The van der Waals surface area contributed by atoms with Crippen molar-refractivity contribution < 1.29 is 9.47 Å². The Morgan fingerprint density at radius 1 is 1.15 bits per heavy atom. The van der Waals surface area contributed by atoms with Gasteiger partial charge in [0, 0.05) is 62.8 Å². The molecule has 13 heteroatoms. The number of rotatable bonds is 10. The highest BCUT2D eigenvalue weighted by molar-refractivity contribution is 6.29. The summed E-state index contributed by atoms with van der Waals surface area (Å²) in [4.78, 5) is 24.6. The zero-order valence-corrected chi connectivity index (χ0v) is 23.6. The summed E-state index contributed by atoms with van der Waals surface area (Å²) in [5.41, 5.74) is 10.7. The number of halogens is 1. The van der Waals surface area contributed by atoms with Gasteiger partial charge in [0.2, 0.25) is 5.88 Å². The first-order chi connectivity index (χ1) is 19.4. The summed E-state index contributed by atoms with van der Waals surface area (Å²) in [6, 6.07) is 3.50. The van der Waals surface area contributed by atoms with Gasteiger partial charge < -0.3 is 20.5 Å². The second-order valence-electron chi connectivity index (χ2n) is 9.71. The minimum absolute atomic E-state index is 0.0483. The maximum atomic E-state index is 6.25. The summed E-state index contributed by atoms with van der Waals surface area (Å²) in [6.45, 7) is 8.46. The van der Waals surface area contributed by atoms with E-state index in [1.807, 2.05) is 20.2 Å². The molecular formula is C27H33ClN10O2. The van der Waals surface area contributed by atoms with Crippen LogP contribution in [0.2, 0.25) is 5.15 Å². The smallest absolute Gasteiger partial charge is 0.223 e. The average Bonchev–Trinajstić information content (AvgIpc) is 3.22. The van der Waals surface area contributed by atoms with Crippen molar-refractivity contribution in [1.29, 1.82) is 0 Å². The van der Waals surface area contributed by atoms with E-state index >= 15 is 0 Å². The van der Waals surface area contributed by atoms with Crippen LogP contribution in [0.4, 0.5) is 11.5 Å². The Balaban J connectivity index is 1.24. The van der Waals surface area contributed by atoms with Crippen molar-refractivity contribution in [3.05, 3.63) is 53.5 Å². The number of hydrogen-bond donors (Lipinski definition) is 2. The third-order valence-electron chi connectivity index (χ3n) is 6.60. The lowest BCUT2D eigenvalue weighted by Crippen LogP contribution is -2.35. The largest absolute Gasteiger partial charge is 0.477 e. The lowest BCUT2D eigenvalue weighted by Gasteiger charge is -2.26. The third-order valence-corrected chi connectivity index (χ3v) is 6.81. The van der Waals surface area contributed by atoms with Gasteiger partial charge >= 0.3 is 0 Å². The Bertz CT molecular complexity index is 1440. The van der Waals surface area contributed by atoms with E-state index in [4.69, 9.17) is 26.8 Å². The number of pyridine rings is 1. The van der Waals surface area contributed by atoms with Crippen molar-refractivity contribution in [2.75, 3.05) is 44.0 Å². The average molecular weight is 565 g/mol. The molecular weight excluding hydrogens is 532 g/mol. The second-order valence-corrected chi connectivity index (χ2v) is 10.1.